The summed E-state index contributed by atoms with van der Waals surface area (Å²) in [5.41, 5.74) is 5.60. The van der Waals surface area contributed by atoms with Crippen molar-refractivity contribution in [1.82, 2.24) is 9.97 Å². The van der Waals surface area contributed by atoms with Gasteiger partial charge in [-0.3, -0.25) is 10.1 Å². The van der Waals surface area contributed by atoms with Crippen molar-refractivity contribution in [3.05, 3.63) is 10.1 Å². The Balaban J connectivity index is 1.83. The standard InChI is InChI=1S/C15H24N6O3/c1-10-4-2-6-20(9-10)15-18-13(16)12(21(22)23)14(19-15)17-8-11-5-3-7-24-11/h10-11H,2-9H2,1H3,(H3,16,17,18,19)/t10-,11+/m0/s1. The van der Waals surface area contributed by atoms with Gasteiger partial charge >= 0.3 is 5.69 Å². The predicted octanol–water partition coefficient (Wildman–Crippen LogP) is 1.79. The Labute approximate surface area is 140 Å². The number of nitrogens with zero attached hydrogens (tertiary/aromatic N) is 4. The zero-order valence-corrected chi connectivity index (χ0v) is 13.9. The van der Waals surface area contributed by atoms with E-state index in [1.165, 1.54) is 6.42 Å². The second-order valence-corrected chi connectivity index (χ2v) is 6.57. The van der Waals surface area contributed by atoms with E-state index in [0.29, 0.717) is 18.4 Å². The van der Waals surface area contributed by atoms with Crippen molar-refractivity contribution in [2.24, 2.45) is 5.92 Å². The number of anilines is 3. The average Bonchev–Trinajstić information content (AvgIpc) is 3.05. The summed E-state index contributed by atoms with van der Waals surface area (Å²) in [5, 5.41) is 14.4. The number of nitrogen functional groups attached to an aromatic ring is 1. The molecule has 3 heterocycles. The molecule has 0 unspecified atom stereocenters. The lowest BCUT2D eigenvalue weighted by Gasteiger charge is -2.31. The lowest BCUT2D eigenvalue weighted by molar-refractivity contribution is -0.383. The average molecular weight is 336 g/mol. The second kappa shape index (κ2) is 7.16. The van der Waals surface area contributed by atoms with Crippen LogP contribution < -0.4 is 16.0 Å². The first-order valence-corrected chi connectivity index (χ1v) is 8.47. The second-order valence-electron chi connectivity index (χ2n) is 6.57. The van der Waals surface area contributed by atoms with Crippen LogP contribution in [-0.4, -0.2) is 47.2 Å². The van der Waals surface area contributed by atoms with Gasteiger partial charge in [0.05, 0.1) is 11.0 Å². The molecule has 9 heteroatoms. The van der Waals surface area contributed by atoms with E-state index in [1.54, 1.807) is 0 Å². The maximum atomic E-state index is 11.3. The molecular weight excluding hydrogens is 312 g/mol. The lowest BCUT2D eigenvalue weighted by atomic mass is 10.0. The molecule has 0 saturated carbocycles. The van der Waals surface area contributed by atoms with E-state index in [-0.39, 0.29) is 23.4 Å². The maximum absolute atomic E-state index is 11.3. The molecule has 2 atom stereocenters. The summed E-state index contributed by atoms with van der Waals surface area (Å²) in [4.78, 5) is 21.4. The molecule has 2 aliphatic heterocycles. The van der Waals surface area contributed by atoms with E-state index in [1.807, 2.05) is 4.90 Å². The molecule has 9 nitrogen and oxygen atoms in total. The normalized spacial score (nSPS) is 24.1. The van der Waals surface area contributed by atoms with Crippen LogP contribution in [0.2, 0.25) is 0 Å². The highest BCUT2D eigenvalue weighted by Gasteiger charge is 2.27. The van der Waals surface area contributed by atoms with E-state index < -0.39 is 4.92 Å². The van der Waals surface area contributed by atoms with Crippen LogP contribution in [0, 0.1) is 16.0 Å². The van der Waals surface area contributed by atoms with Crippen molar-refractivity contribution in [2.75, 3.05) is 42.2 Å². The number of hydrogen-bond donors (Lipinski definition) is 2. The van der Waals surface area contributed by atoms with Crippen molar-refractivity contribution in [2.45, 2.75) is 38.7 Å². The Bertz CT molecular complexity index is 605. The zero-order chi connectivity index (χ0) is 17.1. The molecule has 1 aromatic heterocycles. The van der Waals surface area contributed by atoms with Crippen LogP contribution in [0.4, 0.5) is 23.3 Å². The van der Waals surface area contributed by atoms with Crippen LogP contribution in [0.5, 0.6) is 0 Å². The van der Waals surface area contributed by atoms with E-state index >= 15 is 0 Å². The molecule has 0 spiro atoms. The largest absolute Gasteiger partial charge is 0.378 e. The van der Waals surface area contributed by atoms with Crippen molar-refractivity contribution in [1.29, 1.82) is 0 Å². The van der Waals surface area contributed by atoms with Gasteiger partial charge in [-0.1, -0.05) is 6.92 Å². The van der Waals surface area contributed by atoms with Gasteiger partial charge in [0, 0.05) is 26.2 Å². The Morgan fingerprint density at radius 1 is 1.42 bits per heavy atom. The number of piperidine rings is 1. The van der Waals surface area contributed by atoms with E-state index in [0.717, 1.165) is 39.0 Å². The van der Waals surface area contributed by atoms with Gasteiger partial charge in [0.25, 0.3) is 0 Å². The summed E-state index contributed by atoms with van der Waals surface area (Å²) in [7, 11) is 0. The summed E-state index contributed by atoms with van der Waals surface area (Å²) in [5.74, 6) is 1.08. The molecule has 0 aliphatic carbocycles. The van der Waals surface area contributed by atoms with Crippen LogP contribution in [-0.2, 0) is 4.74 Å². The van der Waals surface area contributed by atoms with Gasteiger partial charge in [0.1, 0.15) is 0 Å². The fourth-order valence-electron chi connectivity index (χ4n) is 3.29. The highest BCUT2D eigenvalue weighted by Crippen LogP contribution is 2.31. The highest BCUT2D eigenvalue weighted by atomic mass is 16.6. The maximum Gasteiger partial charge on any atom is 0.353 e. The zero-order valence-electron chi connectivity index (χ0n) is 13.9. The van der Waals surface area contributed by atoms with Crippen LogP contribution >= 0.6 is 0 Å². The van der Waals surface area contributed by atoms with Crippen molar-refractivity contribution in [3.8, 4) is 0 Å². The van der Waals surface area contributed by atoms with Crippen LogP contribution in [0.25, 0.3) is 0 Å². The summed E-state index contributed by atoms with van der Waals surface area (Å²) >= 11 is 0. The molecule has 2 aliphatic rings. The van der Waals surface area contributed by atoms with Gasteiger partial charge in [-0.15, -0.1) is 0 Å². The summed E-state index contributed by atoms with van der Waals surface area (Å²) in [6, 6.07) is 0. The fourth-order valence-corrected chi connectivity index (χ4v) is 3.29. The quantitative estimate of drug-likeness (QED) is 0.617. The van der Waals surface area contributed by atoms with Gasteiger partial charge in [0.2, 0.25) is 17.6 Å². The number of nitro groups is 1. The first kappa shape index (κ1) is 16.7. The highest BCUT2D eigenvalue weighted by molar-refractivity contribution is 5.70. The van der Waals surface area contributed by atoms with Gasteiger partial charge < -0.3 is 20.7 Å². The third kappa shape index (κ3) is 3.66. The predicted molar refractivity (Wildman–Crippen MR) is 91.2 cm³/mol. The minimum atomic E-state index is -0.532. The summed E-state index contributed by atoms with van der Waals surface area (Å²) in [6.45, 7) is 5.07. The molecule has 3 N–H and O–H groups in total. The number of nitrogens with one attached hydrogen (secondary N) is 1. The number of rotatable bonds is 5. The monoisotopic (exact) mass is 336 g/mol. The molecule has 0 amide bonds. The van der Waals surface area contributed by atoms with Crippen LogP contribution in [0.3, 0.4) is 0 Å². The van der Waals surface area contributed by atoms with E-state index in [4.69, 9.17) is 10.5 Å². The van der Waals surface area contributed by atoms with Crippen molar-refractivity contribution >= 4 is 23.3 Å². The molecule has 2 fully saturated rings. The van der Waals surface area contributed by atoms with Gasteiger partial charge in [-0.05, 0) is 31.6 Å². The molecule has 132 valence electrons. The van der Waals surface area contributed by atoms with Crippen LogP contribution in [0.15, 0.2) is 0 Å². The van der Waals surface area contributed by atoms with Crippen LogP contribution in [0.1, 0.15) is 32.6 Å². The Morgan fingerprint density at radius 2 is 2.25 bits per heavy atom. The van der Waals surface area contributed by atoms with Gasteiger partial charge in [-0.25, -0.2) is 0 Å². The minimum Gasteiger partial charge on any atom is -0.378 e. The van der Waals surface area contributed by atoms with E-state index in [9.17, 15) is 10.1 Å². The molecule has 1 aromatic rings. The number of nitrogens with two attached hydrogens (primary N) is 1. The third-order valence-electron chi connectivity index (χ3n) is 4.54. The summed E-state index contributed by atoms with van der Waals surface area (Å²) < 4.78 is 5.55. The molecular formula is C15H24N6O3. The number of ether oxygens (including phenoxy) is 1. The van der Waals surface area contributed by atoms with E-state index in [2.05, 4.69) is 22.2 Å². The van der Waals surface area contributed by atoms with Gasteiger partial charge in [0.15, 0.2) is 0 Å². The fraction of sp³-hybridized carbons (Fsp3) is 0.733. The first-order chi connectivity index (χ1) is 11.5. The number of hydrogen-bond acceptors (Lipinski definition) is 8. The summed E-state index contributed by atoms with van der Waals surface area (Å²) in [6.07, 6.45) is 4.23. The molecule has 3 rings (SSSR count). The molecule has 24 heavy (non-hydrogen) atoms. The molecule has 0 radical (unpaired) electrons. The number of aromatic nitrogens is 2. The smallest absolute Gasteiger partial charge is 0.353 e. The Kier molecular flexibility index (Phi) is 4.98. The Hall–Kier alpha value is -2.16. The topological polar surface area (TPSA) is 119 Å². The van der Waals surface area contributed by atoms with Crippen molar-refractivity contribution in [3.63, 3.8) is 0 Å². The lowest BCUT2D eigenvalue weighted by Crippen LogP contribution is -2.35. The SMILES string of the molecule is C[C@H]1CCCN(c2nc(N)c([N+](=O)[O-])c(NC[C@H]3CCCO3)n2)C1. The minimum absolute atomic E-state index is 0.0549. The Morgan fingerprint density at radius 3 is 2.92 bits per heavy atom. The van der Waals surface area contributed by atoms with Gasteiger partial charge in [-0.2, -0.15) is 9.97 Å². The molecule has 0 bridgehead atoms. The first-order valence-electron chi connectivity index (χ1n) is 8.47. The van der Waals surface area contributed by atoms with Crippen molar-refractivity contribution < 1.29 is 9.66 Å². The molecule has 2 saturated heterocycles. The molecule has 0 aromatic carbocycles. The third-order valence-corrected chi connectivity index (χ3v) is 4.54.